The van der Waals surface area contributed by atoms with E-state index in [1.54, 1.807) is 18.2 Å². The minimum Gasteiger partial charge on any atom is -0.411 e. The van der Waals surface area contributed by atoms with Crippen molar-refractivity contribution in [3.8, 4) is 0 Å². The fraction of sp³-hybridized carbons (Fsp3) is 0.533. The number of anilines is 1. The molecule has 6 heteroatoms. The second-order valence-corrected chi connectivity index (χ2v) is 8.53. The number of fused-ring (bicyclic) bond motifs is 1. The Balaban J connectivity index is 2.33. The summed E-state index contributed by atoms with van der Waals surface area (Å²) in [6, 6.07) is 7.16. The topological polar surface area (TPSA) is 70.0 Å². The van der Waals surface area contributed by atoms with Crippen LogP contribution >= 0.6 is 0 Å². The molecular formula is C15H22N2O3S. The molecule has 0 bridgehead atoms. The highest BCUT2D eigenvalue weighted by Crippen LogP contribution is 2.31. The van der Waals surface area contributed by atoms with Gasteiger partial charge >= 0.3 is 0 Å². The largest absolute Gasteiger partial charge is 0.411 e. The van der Waals surface area contributed by atoms with Gasteiger partial charge in [-0.05, 0) is 17.9 Å². The third-order valence-corrected chi connectivity index (χ3v) is 5.37. The van der Waals surface area contributed by atoms with E-state index in [0.717, 1.165) is 0 Å². The Morgan fingerprint density at radius 2 is 1.95 bits per heavy atom. The fourth-order valence-electron chi connectivity index (χ4n) is 2.34. The van der Waals surface area contributed by atoms with Crippen LogP contribution in [0.1, 0.15) is 39.2 Å². The van der Waals surface area contributed by atoms with Gasteiger partial charge in [0, 0.05) is 18.5 Å². The van der Waals surface area contributed by atoms with Crippen LogP contribution in [0.2, 0.25) is 0 Å². The molecule has 0 fully saturated rings. The van der Waals surface area contributed by atoms with Crippen LogP contribution in [0, 0.1) is 5.41 Å². The number of hydrogen-bond acceptors (Lipinski definition) is 4. The van der Waals surface area contributed by atoms with Crippen LogP contribution in [0.25, 0.3) is 0 Å². The third-order valence-electron chi connectivity index (χ3n) is 3.60. The van der Waals surface area contributed by atoms with Crippen LogP contribution in [0.4, 0.5) is 5.69 Å². The van der Waals surface area contributed by atoms with Crippen molar-refractivity contribution in [2.24, 2.45) is 10.6 Å². The molecule has 1 aliphatic heterocycles. The molecule has 1 heterocycles. The number of rotatable bonds is 3. The highest BCUT2D eigenvalue weighted by molar-refractivity contribution is 7.92. The monoisotopic (exact) mass is 310 g/mol. The fourth-order valence-corrected chi connectivity index (χ4v) is 4.25. The van der Waals surface area contributed by atoms with E-state index in [9.17, 15) is 8.42 Å². The molecule has 0 unspecified atom stereocenters. The minimum absolute atomic E-state index is 0.0277. The number of sulfonamides is 1. The van der Waals surface area contributed by atoms with Crippen molar-refractivity contribution < 1.29 is 13.6 Å². The molecule has 1 N–H and O–H groups in total. The van der Waals surface area contributed by atoms with Crippen LogP contribution in [-0.4, -0.2) is 31.6 Å². The van der Waals surface area contributed by atoms with Gasteiger partial charge in [0.15, 0.2) is 0 Å². The molecule has 2 rings (SSSR count). The summed E-state index contributed by atoms with van der Waals surface area (Å²) in [5.74, 6) is 0.121. The third kappa shape index (κ3) is 3.56. The number of hydrogen-bond donors (Lipinski definition) is 1. The summed E-state index contributed by atoms with van der Waals surface area (Å²) in [5.41, 5.74) is 1.80. The normalized spacial score (nSPS) is 17.9. The maximum absolute atomic E-state index is 12.6. The first-order valence-corrected chi connectivity index (χ1v) is 8.66. The van der Waals surface area contributed by atoms with Crippen LogP contribution in [0.5, 0.6) is 0 Å². The van der Waals surface area contributed by atoms with Crippen LogP contribution < -0.4 is 4.31 Å². The van der Waals surface area contributed by atoms with E-state index in [4.69, 9.17) is 5.21 Å². The lowest BCUT2D eigenvalue weighted by Crippen LogP contribution is -2.39. The van der Waals surface area contributed by atoms with E-state index in [1.165, 1.54) is 4.31 Å². The van der Waals surface area contributed by atoms with Gasteiger partial charge in [-0.2, -0.15) is 0 Å². The molecule has 0 amide bonds. The number of nitrogens with zero attached hydrogens (tertiary/aromatic N) is 2. The van der Waals surface area contributed by atoms with Crippen LogP contribution in [0.3, 0.4) is 0 Å². The molecular weight excluding hydrogens is 288 g/mol. The van der Waals surface area contributed by atoms with Gasteiger partial charge in [-0.25, -0.2) is 8.42 Å². The molecule has 1 aromatic carbocycles. The molecule has 116 valence electrons. The number of para-hydroxylation sites is 1. The van der Waals surface area contributed by atoms with Crippen molar-refractivity contribution in [3.05, 3.63) is 29.8 Å². The quantitative estimate of drug-likeness (QED) is 0.689. The molecule has 0 radical (unpaired) electrons. The zero-order valence-electron chi connectivity index (χ0n) is 12.7. The van der Waals surface area contributed by atoms with E-state index in [1.807, 2.05) is 26.8 Å². The smallest absolute Gasteiger partial charge is 0.235 e. The molecule has 0 saturated heterocycles. The predicted molar refractivity (Wildman–Crippen MR) is 84.6 cm³/mol. The average Bonchev–Trinajstić information content (AvgIpc) is 2.43. The van der Waals surface area contributed by atoms with Crippen molar-refractivity contribution in [1.82, 2.24) is 0 Å². The van der Waals surface area contributed by atoms with Gasteiger partial charge < -0.3 is 5.21 Å². The van der Waals surface area contributed by atoms with Crippen molar-refractivity contribution in [3.63, 3.8) is 0 Å². The molecule has 0 saturated carbocycles. The van der Waals surface area contributed by atoms with E-state index in [0.29, 0.717) is 36.3 Å². The van der Waals surface area contributed by atoms with E-state index >= 15 is 0 Å². The summed E-state index contributed by atoms with van der Waals surface area (Å²) in [6.45, 7) is 6.42. The Kier molecular flexibility index (Phi) is 4.27. The van der Waals surface area contributed by atoms with E-state index in [-0.39, 0.29) is 11.2 Å². The first kappa shape index (κ1) is 15.8. The lowest BCUT2D eigenvalue weighted by Gasteiger charge is -2.31. The zero-order chi connectivity index (χ0) is 15.7. The van der Waals surface area contributed by atoms with Gasteiger partial charge in [0.25, 0.3) is 0 Å². The molecule has 5 nitrogen and oxygen atoms in total. The minimum atomic E-state index is -3.36. The zero-order valence-corrected chi connectivity index (χ0v) is 13.5. The second-order valence-electron chi connectivity index (χ2n) is 6.51. The maximum atomic E-state index is 12.6. The summed E-state index contributed by atoms with van der Waals surface area (Å²) in [5, 5.41) is 12.3. The van der Waals surface area contributed by atoms with Crippen LogP contribution in [-0.2, 0) is 10.0 Å². The summed E-state index contributed by atoms with van der Waals surface area (Å²) in [7, 11) is -3.36. The van der Waals surface area contributed by atoms with Gasteiger partial charge in [-0.15, -0.1) is 0 Å². The Morgan fingerprint density at radius 1 is 1.29 bits per heavy atom. The standard InChI is InChI=1S/C15H22N2O3S/c1-15(2,3)9-11-21(19,20)17-10-8-13(16-18)12-6-4-5-7-14(12)17/h4-7,18H,8-11H2,1-3H3/b16-13-. The summed E-state index contributed by atoms with van der Waals surface area (Å²) in [4.78, 5) is 0. The molecule has 0 spiro atoms. The number of oxime groups is 1. The molecule has 0 atom stereocenters. The van der Waals surface area contributed by atoms with E-state index in [2.05, 4.69) is 5.16 Å². The Hall–Kier alpha value is -1.56. The van der Waals surface area contributed by atoms with Gasteiger partial charge in [-0.3, -0.25) is 4.31 Å². The van der Waals surface area contributed by atoms with Gasteiger partial charge in [0.2, 0.25) is 10.0 Å². The molecule has 1 aromatic rings. The summed E-state index contributed by atoms with van der Waals surface area (Å²) in [6.07, 6.45) is 1.03. The van der Waals surface area contributed by atoms with Gasteiger partial charge in [0.1, 0.15) is 0 Å². The number of benzene rings is 1. The van der Waals surface area contributed by atoms with Crippen LogP contribution in [0.15, 0.2) is 29.4 Å². The first-order chi connectivity index (χ1) is 9.74. The lowest BCUT2D eigenvalue weighted by atomic mass is 9.94. The van der Waals surface area contributed by atoms with Crippen molar-refractivity contribution >= 4 is 21.4 Å². The first-order valence-electron chi connectivity index (χ1n) is 7.05. The average molecular weight is 310 g/mol. The maximum Gasteiger partial charge on any atom is 0.235 e. The highest BCUT2D eigenvalue weighted by atomic mass is 32.2. The van der Waals surface area contributed by atoms with Crippen molar-refractivity contribution in [2.45, 2.75) is 33.6 Å². The SMILES string of the molecule is CC(C)(C)CCS(=O)(=O)N1CC/C(=N/O)c2ccccc21. The summed E-state index contributed by atoms with van der Waals surface area (Å²) >= 11 is 0. The molecule has 1 aliphatic rings. The lowest BCUT2D eigenvalue weighted by molar-refractivity contribution is 0.318. The Bertz CT molecular complexity index is 645. The predicted octanol–water partition coefficient (Wildman–Crippen LogP) is 2.84. The van der Waals surface area contributed by atoms with Gasteiger partial charge in [-0.1, -0.05) is 44.1 Å². The second kappa shape index (κ2) is 5.67. The molecule has 0 aliphatic carbocycles. The van der Waals surface area contributed by atoms with Crippen molar-refractivity contribution in [2.75, 3.05) is 16.6 Å². The van der Waals surface area contributed by atoms with Crippen molar-refractivity contribution in [1.29, 1.82) is 0 Å². The van der Waals surface area contributed by atoms with Gasteiger partial charge in [0.05, 0.1) is 17.2 Å². The molecule has 0 aromatic heterocycles. The molecule has 21 heavy (non-hydrogen) atoms. The summed E-state index contributed by atoms with van der Waals surface area (Å²) < 4.78 is 26.7. The highest BCUT2D eigenvalue weighted by Gasteiger charge is 2.30. The Morgan fingerprint density at radius 3 is 2.57 bits per heavy atom. The Labute approximate surface area is 126 Å². The van der Waals surface area contributed by atoms with E-state index < -0.39 is 10.0 Å².